The van der Waals surface area contributed by atoms with Gasteiger partial charge in [0.1, 0.15) is 22.8 Å². The number of hydrogen-bond acceptors (Lipinski definition) is 15. The molecular weight excluding hydrogens is 1080 g/mol. The highest BCUT2D eigenvalue weighted by atomic mass is 32.2. The molecule has 0 spiro atoms. The van der Waals surface area contributed by atoms with Crippen LogP contribution in [0.1, 0.15) is 124 Å². The van der Waals surface area contributed by atoms with Gasteiger partial charge < -0.3 is 66.5 Å². The van der Waals surface area contributed by atoms with E-state index in [1.807, 2.05) is 0 Å². The van der Waals surface area contributed by atoms with Crippen molar-refractivity contribution in [3.05, 3.63) is 17.7 Å². The van der Waals surface area contributed by atoms with E-state index < -0.39 is 181 Å². The van der Waals surface area contributed by atoms with Crippen molar-refractivity contribution in [2.24, 2.45) is 23.7 Å². The number of nitrogens with one attached hydrogen (secondary N) is 7. The molecule has 3 fully saturated rings. The van der Waals surface area contributed by atoms with Gasteiger partial charge >= 0.3 is 12.1 Å². The van der Waals surface area contributed by atoms with E-state index in [2.05, 4.69) is 41.8 Å². The predicted molar refractivity (Wildman–Crippen MR) is 298 cm³/mol. The van der Waals surface area contributed by atoms with E-state index in [1.165, 1.54) is 18.6 Å². The minimum absolute atomic E-state index is 0.0263. The highest BCUT2D eigenvalue weighted by Gasteiger charge is 2.45. The van der Waals surface area contributed by atoms with Crippen molar-refractivity contribution in [3.8, 4) is 5.75 Å². The number of nitrogens with zero attached hydrogens (tertiary/aromatic N) is 3. The minimum Gasteiger partial charge on any atom is -0.481 e. The number of aliphatic hydroxyl groups excluding tert-OH is 1. The summed E-state index contributed by atoms with van der Waals surface area (Å²) >= 11 is 0. The standard InChI is InChI=1S/C56H80N10O15S/c1-6-12-43(70)60-50-42(81-56(79)65-19-15-34(16-20-65)64-17-10-9-11-18-64)14-13-36-37-21-32-22-41(69)47(30(4)7-2)62-52(76)39-25-35(67)28-66(39)55(78)33(24-46(73)74)23-40(68)38(29-82(80)54(37)63-49(36)50)59-44(71)26-58-53(77)48(31(5)8-3)61-45(72)27-57-51(32)75/h13-14,30-35,38-39,47-48,63,67H,6-12,15-29H2,1-5H3,(H,57,75)(H,58,77)(H,59,71)(H,60,70)(H,61,72)(H,62,76)(H,73,74)/t30?,31-,32+,33-,35+,38-,39-,47-,48-,82?/m0/s1. The molecule has 2 bridgehead atoms. The Morgan fingerprint density at radius 2 is 1.45 bits per heavy atom. The average Bonchev–Trinajstić information content (AvgIpc) is 4.27. The van der Waals surface area contributed by atoms with E-state index in [9.17, 15) is 63.0 Å². The van der Waals surface area contributed by atoms with Crippen molar-refractivity contribution in [2.45, 2.75) is 166 Å². The Bertz CT molecular complexity index is 2790. The van der Waals surface area contributed by atoms with Gasteiger partial charge in [-0.3, -0.25) is 52.2 Å². The van der Waals surface area contributed by atoms with E-state index in [1.54, 1.807) is 39.5 Å². The van der Waals surface area contributed by atoms with Gasteiger partial charge in [-0.2, -0.15) is 0 Å². The number of H-pyrrole nitrogens is 1. The molecule has 1 aromatic heterocycles. The molecular formula is C56H80N10O15S. The lowest BCUT2D eigenvalue weighted by Gasteiger charge is -2.39. The molecule has 6 heterocycles. The van der Waals surface area contributed by atoms with Crippen molar-refractivity contribution < 1.29 is 71.9 Å². The van der Waals surface area contributed by atoms with Crippen LogP contribution in [0.15, 0.2) is 17.2 Å². The summed E-state index contributed by atoms with van der Waals surface area (Å²) in [6.07, 6.45) is 0.836. The molecule has 450 valence electrons. The molecule has 1 aromatic carbocycles. The maximum Gasteiger partial charge on any atom is 0.415 e. The number of Topliss-reactive ketones (excluding diaryl/α,β-unsaturated/α-hetero) is 2. The number of piperidine rings is 2. The number of hydrogen-bond donors (Lipinski definition) is 9. The lowest BCUT2D eigenvalue weighted by molar-refractivity contribution is -0.148. The Kier molecular flexibility index (Phi) is 21.8. The van der Waals surface area contributed by atoms with E-state index in [0.29, 0.717) is 38.4 Å². The molecule has 9 N–H and O–H groups in total. The predicted octanol–water partition coefficient (Wildman–Crippen LogP) is 1.40. The third-order valence-electron chi connectivity index (χ3n) is 16.7. The molecule has 2 unspecified atom stereocenters. The summed E-state index contributed by atoms with van der Waals surface area (Å²) in [7, 11) is -2.47. The average molecular weight is 1170 g/mol. The second-order valence-electron chi connectivity index (χ2n) is 22.6. The summed E-state index contributed by atoms with van der Waals surface area (Å²) in [4.78, 5) is 163. The molecule has 0 saturated carbocycles. The molecule has 5 aliphatic heterocycles. The number of carbonyl (C=O) groups is 11. The number of ether oxygens (including phenoxy) is 1. The zero-order valence-electron chi connectivity index (χ0n) is 47.4. The quantitative estimate of drug-likeness (QED) is 0.154. The first kappa shape index (κ1) is 62.8. The summed E-state index contributed by atoms with van der Waals surface area (Å²) in [5, 5.41) is 36.8. The van der Waals surface area contributed by atoms with Crippen molar-refractivity contribution in [1.82, 2.24) is 46.3 Å². The number of carboxylic acid groups (broad SMARTS) is 1. The van der Waals surface area contributed by atoms with Gasteiger partial charge in [-0.05, 0) is 81.1 Å². The second-order valence-corrected chi connectivity index (χ2v) is 24.0. The van der Waals surface area contributed by atoms with Crippen LogP contribution in [0, 0.1) is 23.7 Å². The monoisotopic (exact) mass is 1160 g/mol. The number of aliphatic carboxylic acids is 1. The van der Waals surface area contributed by atoms with Gasteiger partial charge in [-0.1, -0.05) is 53.9 Å². The van der Waals surface area contributed by atoms with Crippen molar-refractivity contribution >= 4 is 92.4 Å². The molecule has 0 aliphatic carbocycles. The number of anilines is 1. The Labute approximate surface area is 478 Å². The fourth-order valence-corrected chi connectivity index (χ4v) is 13.1. The Morgan fingerprint density at radius 1 is 0.793 bits per heavy atom. The number of likely N-dealkylation sites (tertiary alicyclic amines) is 2. The van der Waals surface area contributed by atoms with Gasteiger partial charge in [0.2, 0.25) is 41.4 Å². The number of benzene rings is 1. The lowest BCUT2D eigenvalue weighted by atomic mass is 9.86. The molecule has 3 saturated heterocycles. The third-order valence-corrected chi connectivity index (χ3v) is 18.2. The normalized spacial score (nSPS) is 27.2. The number of carboxylic acids is 1. The van der Waals surface area contributed by atoms with Crippen molar-refractivity contribution in [3.63, 3.8) is 0 Å². The van der Waals surface area contributed by atoms with E-state index in [0.717, 1.165) is 43.7 Å². The number of rotatable bonds is 11. The van der Waals surface area contributed by atoms with Gasteiger partial charge in [-0.25, -0.2) is 4.79 Å². The van der Waals surface area contributed by atoms with Crippen LogP contribution in [0.5, 0.6) is 5.75 Å². The van der Waals surface area contributed by atoms with Crippen LogP contribution >= 0.6 is 0 Å². The summed E-state index contributed by atoms with van der Waals surface area (Å²) in [5.74, 6) is -14.1. The second kappa shape index (κ2) is 28.5. The summed E-state index contributed by atoms with van der Waals surface area (Å²) in [5.41, 5.74) is 0.121. The largest absolute Gasteiger partial charge is 0.481 e. The first-order valence-corrected chi connectivity index (χ1v) is 30.2. The fraction of sp³-hybridized carbons (Fsp3) is 0.661. The molecule has 7 rings (SSSR count). The van der Waals surface area contributed by atoms with Gasteiger partial charge in [0, 0.05) is 62.7 Å². The van der Waals surface area contributed by atoms with E-state index >= 15 is 4.21 Å². The molecule has 82 heavy (non-hydrogen) atoms. The highest BCUT2D eigenvalue weighted by molar-refractivity contribution is 7.85. The van der Waals surface area contributed by atoms with Crippen LogP contribution in [-0.4, -0.2) is 187 Å². The van der Waals surface area contributed by atoms with Crippen LogP contribution in [0.4, 0.5) is 10.5 Å². The van der Waals surface area contributed by atoms with Crippen LogP contribution in [0.25, 0.3) is 10.9 Å². The number of aromatic nitrogens is 1. The molecule has 0 radical (unpaired) electrons. The highest BCUT2D eigenvalue weighted by Crippen LogP contribution is 2.40. The molecule has 8 amide bonds. The van der Waals surface area contributed by atoms with Crippen molar-refractivity contribution in [2.75, 3.05) is 56.9 Å². The van der Waals surface area contributed by atoms with Gasteiger partial charge in [-0.15, -0.1) is 0 Å². The topological polar surface area (TPSA) is 352 Å². The minimum atomic E-state index is -2.47. The van der Waals surface area contributed by atoms with Gasteiger partial charge in [0.25, 0.3) is 0 Å². The smallest absolute Gasteiger partial charge is 0.415 e. The zero-order valence-corrected chi connectivity index (χ0v) is 48.3. The van der Waals surface area contributed by atoms with E-state index in [-0.39, 0.29) is 45.8 Å². The SMILES string of the molecule is CCCC(=O)Nc1c(OC(=O)N2CCC(N3CCCCC3)CC2)ccc2c3c([nH]c12)S(=O)C[C@@H]1NC(=O)CNC(=O)[C@H]([C@@H](C)CC)NC(=O)CNC(=O)[C@@H](CC(=O)[C@H](C(C)CC)NC(=O)[C@@H]2C[C@@H](O)CN2C(=O)[C@H](CC(=O)O)CC1=O)C3. The number of aromatic amines is 1. The Hall–Kier alpha value is -6.80. The summed E-state index contributed by atoms with van der Waals surface area (Å²) in [6.45, 7) is 9.58. The summed E-state index contributed by atoms with van der Waals surface area (Å²) < 4.78 is 21.5. The Morgan fingerprint density at radius 3 is 2.11 bits per heavy atom. The summed E-state index contributed by atoms with van der Waals surface area (Å²) in [6, 6.07) is -2.53. The maximum atomic E-state index is 15.4. The van der Waals surface area contributed by atoms with Crippen LogP contribution in [0.2, 0.25) is 0 Å². The molecule has 2 aromatic rings. The van der Waals surface area contributed by atoms with Crippen LogP contribution in [-0.2, 0) is 65.2 Å². The number of aliphatic hydroxyl groups is 1. The van der Waals surface area contributed by atoms with Crippen molar-refractivity contribution in [1.29, 1.82) is 0 Å². The van der Waals surface area contributed by atoms with Crippen LogP contribution in [0.3, 0.4) is 0 Å². The van der Waals surface area contributed by atoms with Gasteiger partial charge in [0.05, 0.1) is 65.7 Å². The van der Waals surface area contributed by atoms with Gasteiger partial charge in [0.15, 0.2) is 17.3 Å². The lowest BCUT2D eigenvalue weighted by Crippen LogP contribution is -2.55. The number of amides is 8. The fourth-order valence-electron chi connectivity index (χ4n) is 11.7. The molecule has 26 heteroatoms. The maximum absolute atomic E-state index is 15.4. The molecule has 10 atom stereocenters. The van der Waals surface area contributed by atoms with E-state index in [4.69, 9.17) is 4.74 Å². The molecule has 5 aliphatic rings. The first-order chi connectivity index (χ1) is 39.1. The Balaban J connectivity index is 1.40. The third kappa shape index (κ3) is 15.4. The zero-order chi connectivity index (χ0) is 59.5. The number of ketones is 2. The number of fused-ring (bicyclic) bond motifs is 5. The first-order valence-electron chi connectivity index (χ1n) is 28.9. The van der Waals surface area contributed by atoms with Crippen LogP contribution < -0.4 is 36.6 Å². The molecule has 25 nitrogen and oxygen atoms in total. The number of carbonyl (C=O) groups excluding carboxylic acids is 10.